The lowest BCUT2D eigenvalue weighted by Crippen LogP contribution is -2.37. The first-order valence-electron chi connectivity index (χ1n) is 7.25. The van der Waals surface area contributed by atoms with Gasteiger partial charge in [0.1, 0.15) is 5.75 Å². The molecule has 1 N–H and O–H groups in total. The number of carbonyl (C=O) groups is 1. The molecule has 1 saturated heterocycles. The van der Waals surface area contributed by atoms with Crippen LogP contribution in [-0.4, -0.2) is 42.2 Å². The summed E-state index contributed by atoms with van der Waals surface area (Å²) in [6.07, 6.45) is 4.87. The van der Waals surface area contributed by atoms with E-state index in [1.165, 1.54) is 25.8 Å². The SMILES string of the molecule is Cc1cc(OCCC2CCCCN2C)ccc1C(=O)O. The van der Waals surface area contributed by atoms with Crippen molar-refractivity contribution in [3.8, 4) is 5.75 Å². The molecule has 0 radical (unpaired) electrons. The van der Waals surface area contributed by atoms with E-state index in [0.717, 1.165) is 17.7 Å². The summed E-state index contributed by atoms with van der Waals surface area (Å²) in [4.78, 5) is 13.4. The first-order valence-corrected chi connectivity index (χ1v) is 7.25. The highest BCUT2D eigenvalue weighted by atomic mass is 16.5. The van der Waals surface area contributed by atoms with E-state index < -0.39 is 5.97 Å². The predicted molar refractivity (Wildman–Crippen MR) is 78.5 cm³/mol. The lowest BCUT2D eigenvalue weighted by Gasteiger charge is -2.32. The maximum atomic E-state index is 10.9. The average Bonchev–Trinajstić information content (AvgIpc) is 2.40. The summed E-state index contributed by atoms with van der Waals surface area (Å²) in [6, 6.07) is 5.76. The summed E-state index contributed by atoms with van der Waals surface area (Å²) >= 11 is 0. The molecule has 0 saturated carbocycles. The number of aryl methyl sites for hydroxylation is 1. The van der Waals surface area contributed by atoms with Gasteiger partial charge in [-0.25, -0.2) is 4.79 Å². The number of piperidine rings is 1. The molecular weight excluding hydrogens is 254 g/mol. The second-order valence-electron chi connectivity index (χ2n) is 5.55. The Morgan fingerprint density at radius 3 is 2.90 bits per heavy atom. The largest absolute Gasteiger partial charge is 0.494 e. The van der Waals surface area contributed by atoms with Gasteiger partial charge in [0, 0.05) is 6.04 Å². The molecule has 4 nitrogen and oxygen atoms in total. The minimum atomic E-state index is -0.891. The molecule has 0 aromatic heterocycles. The van der Waals surface area contributed by atoms with Gasteiger partial charge < -0.3 is 14.7 Å². The second-order valence-corrected chi connectivity index (χ2v) is 5.55. The minimum Gasteiger partial charge on any atom is -0.494 e. The van der Waals surface area contributed by atoms with Crippen LogP contribution in [0.1, 0.15) is 41.6 Å². The van der Waals surface area contributed by atoms with Crippen LogP contribution < -0.4 is 4.74 Å². The van der Waals surface area contributed by atoms with Gasteiger partial charge in [0.05, 0.1) is 12.2 Å². The van der Waals surface area contributed by atoms with E-state index in [1.54, 1.807) is 25.1 Å². The zero-order valence-corrected chi connectivity index (χ0v) is 12.3. The van der Waals surface area contributed by atoms with Crippen LogP contribution in [0.3, 0.4) is 0 Å². The van der Waals surface area contributed by atoms with E-state index >= 15 is 0 Å². The highest BCUT2D eigenvalue weighted by Gasteiger charge is 2.18. The molecule has 1 aromatic rings. The fourth-order valence-corrected chi connectivity index (χ4v) is 2.79. The van der Waals surface area contributed by atoms with Crippen molar-refractivity contribution in [3.05, 3.63) is 29.3 Å². The third-order valence-electron chi connectivity index (χ3n) is 4.07. The molecule has 1 aliphatic heterocycles. The molecule has 0 spiro atoms. The van der Waals surface area contributed by atoms with Gasteiger partial charge in [-0.1, -0.05) is 6.42 Å². The van der Waals surface area contributed by atoms with E-state index in [1.807, 2.05) is 0 Å². The molecule has 1 fully saturated rings. The summed E-state index contributed by atoms with van der Waals surface area (Å²) in [6.45, 7) is 3.66. The number of hydrogen-bond donors (Lipinski definition) is 1. The highest BCUT2D eigenvalue weighted by Crippen LogP contribution is 2.20. The fourth-order valence-electron chi connectivity index (χ4n) is 2.79. The maximum Gasteiger partial charge on any atom is 0.335 e. The highest BCUT2D eigenvalue weighted by molar-refractivity contribution is 5.89. The number of benzene rings is 1. The number of ether oxygens (including phenoxy) is 1. The molecule has 1 aromatic carbocycles. The van der Waals surface area contributed by atoms with Crippen LogP contribution in [0.5, 0.6) is 5.75 Å². The number of carboxylic acid groups (broad SMARTS) is 1. The molecule has 1 aliphatic rings. The Hall–Kier alpha value is -1.55. The second kappa shape index (κ2) is 6.75. The summed E-state index contributed by atoms with van der Waals surface area (Å²) in [7, 11) is 2.18. The van der Waals surface area contributed by atoms with Crippen molar-refractivity contribution in [3.63, 3.8) is 0 Å². The Morgan fingerprint density at radius 1 is 1.45 bits per heavy atom. The molecule has 20 heavy (non-hydrogen) atoms. The van der Waals surface area contributed by atoms with E-state index in [2.05, 4.69) is 11.9 Å². The monoisotopic (exact) mass is 277 g/mol. The molecule has 0 bridgehead atoms. The van der Waals surface area contributed by atoms with Gasteiger partial charge in [-0.3, -0.25) is 0 Å². The van der Waals surface area contributed by atoms with Crippen LogP contribution in [0, 0.1) is 6.92 Å². The first kappa shape index (κ1) is 14.9. The van der Waals surface area contributed by atoms with Crippen molar-refractivity contribution in [2.45, 2.75) is 38.6 Å². The molecule has 1 unspecified atom stereocenters. The van der Waals surface area contributed by atoms with E-state index in [-0.39, 0.29) is 0 Å². The Labute approximate surface area is 120 Å². The van der Waals surface area contributed by atoms with Gasteiger partial charge in [-0.05, 0) is 63.5 Å². The Bertz CT molecular complexity index is 473. The van der Waals surface area contributed by atoms with Crippen molar-refractivity contribution in [1.82, 2.24) is 4.90 Å². The molecule has 0 amide bonds. The molecular formula is C16H23NO3. The van der Waals surface area contributed by atoms with E-state index in [0.29, 0.717) is 18.2 Å². The molecule has 1 heterocycles. The number of rotatable bonds is 5. The summed E-state index contributed by atoms with van der Waals surface area (Å²) < 4.78 is 5.75. The molecule has 0 aliphatic carbocycles. The topological polar surface area (TPSA) is 49.8 Å². The van der Waals surface area contributed by atoms with E-state index in [4.69, 9.17) is 9.84 Å². The number of hydrogen-bond acceptors (Lipinski definition) is 3. The fraction of sp³-hybridized carbons (Fsp3) is 0.562. The number of likely N-dealkylation sites (tertiary alicyclic amines) is 1. The van der Waals surface area contributed by atoms with E-state index in [9.17, 15) is 4.79 Å². The summed E-state index contributed by atoms with van der Waals surface area (Å²) in [5, 5.41) is 8.99. The van der Waals surface area contributed by atoms with Crippen molar-refractivity contribution in [2.24, 2.45) is 0 Å². The van der Waals surface area contributed by atoms with Gasteiger partial charge >= 0.3 is 5.97 Å². The molecule has 1 atom stereocenters. The zero-order chi connectivity index (χ0) is 14.5. The van der Waals surface area contributed by atoms with Gasteiger partial charge in [-0.15, -0.1) is 0 Å². The first-order chi connectivity index (χ1) is 9.58. The number of carboxylic acids is 1. The number of aromatic carboxylic acids is 1. The minimum absolute atomic E-state index is 0.337. The maximum absolute atomic E-state index is 10.9. The van der Waals surface area contributed by atoms with Gasteiger partial charge in [0.25, 0.3) is 0 Å². The quantitative estimate of drug-likeness (QED) is 0.899. The number of nitrogens with zero attached hydrogens (tertiary/aromatic N) is 1. The molecule has 4 heteroatoms. The van der Waals surface area contributed by atoms with Crippen molar-refractivity contribution in [2.75, 3.05) is 20.2 Å². The predicted octanol–water partition coefficient (Wildman–Crippen LogP) is 2.95. The van der Waals surface area contributed by atoms with Crippen LogP contribution in [-0.2, 0) is 0 Å². The van der Waals surface area contributed by atoms with Crippen LogP contribution in [0.2, 0.25) is 0 Å². The van der Waals surface area contributed by atoms with Gasteiger partial charge in [0.2, 0.25) is 0 Å². The van der Waals surface area contributed by atoms with Gasteiger partial charge in [-0.2, -0.15) is 0 Å². The lowest BCUT2D eigenvalue weighted by molar-refractivity contribution is 0.0696. The van der Waals surface area contributed by atoms with Crippen LogP contribution in [0.15, 0.2) is 18.2 Å². The Kier molecular flexibility index (Phi) is 5.01. The molecule has 2 rings (SSSR count). The van der Waals surface area contributed by atoms with Gasteiger partial charge in [0.15, 0.2) is 0 Å². The summed E-state index contributed by atoms with van der Waals surface area (Å²) in [5.74, 6) is -0.135. The smallest absolute Gasteiger partial charge is 0.335 e. The van der Waals surface area contributed by atoms with Crippen LogP contribution >= 0.6 is 0 Å². The van der Waals surface area contributed by atoms with Crippen LogP contribution in [0.25, 0.3) is 0 Å². The zero-order valence-electron chi connectivity index (χ0n) is 12.3. The van der Waals surface area contributed by atoms with Crippen LogP contribution in [0.4, 0.5) is 0 Å². The normalized spacial score (nSPS) is 19.8. The standard InChI is InChI=1S/C16H23NO3/c1-12-11-14(6-7-15(12)16(18)19)20-10-8-13-5-3-4-9-17(13)2/h6-7,11,13H,3-5,8-10H2,1-2H3,(H,18,19). The molecule has 110 valence electrons. The lowest BCUT2D eigenvalue weighted by atomic mass is 10.0. The third-order valence-corrected chi connectivity index (χ3v) is 4.07. The third kappa shape index (κ3) is 3.73. The Balaban J connectivity index is 1.85. The van der Waals surface area contributed by atoms with Crippen molar-refractivity contribution < 1.29 is 14.6 Å². The van der Waals surface area contributed by atoms with Crippen molar-refractivity contribution in [1.29, 1.82) is 0 Å². The average molecular weight is 277 g/mol. The Morgan fingerprint density at radius 2 is 2.25 bits per heavy atom. The summed E-state index contributed by atoms with van der Waals surface area (Å²) in [5.41, 5.74) is 1.08. The van der Waals surface area contributed by atoms with Crippen molar-refractivity contribution >= 4 is 5.97 Å².